The largest absolute Gasteiger partial charge is 0.497 e. The fourth-order valence-electron chi connectivity index (χ4n) is 4.58. The predicted octanol–water partition coefficient (Wildman–Crippen LogP) is 2.26. The zero-order valence-corrected chi connectivity index (χ0v) is 20.6. The number of hydrogen-bond donors (Lipinski definition) is 1. The van der Waals surface area contributed by atoms with Crippen molar-refractivity contribution in [3.63, 3.8) is 0 Å². The normalized spacial score (nSPS) is 24.9. The number of rotatable bonds is 5. The van der Waals surface area contributed by atoms with Gasteiger partial charge in [0.1, 0.15) is 5.75 Å². The van der Waals surface area contributed by atoms with E-state index in [9.17, 15) is 0 Å². The molecule has 8 heteroatoms. The van der Waals surface area contributed by atoms with E-state index in [1.165, 1.54) is 25.1 Å². The number of aliphatic imine (C=N–C) groups is 1. The van der Waals surface area contributed by atoms with Crippen LogP contribution in [0.2, 0.25) is 0 Å². The first-order valence-electron chi connectivity index (χ1n) is 11.0. The lowest BCUT2D eigenvalue weighted by molar-refractivity contribution is -0.0432. The van der Waals surface area contributed by atoms with Crippen molar-refractivity contribution >= 4 is 35.6 Å². The van der Waals surface area contributed by atoms with Crippen molar-refractivity contribution in [3.05, 3.63) is 24.3 Å². The Labute approximate surface area is 197 Å². The standard InChI is InChI=1S/C22H35N5O2.HI/c1-3-23-22(24-15-21-16-27-10-4-5-19(27)17-29-21)26-13-11-25(12-14-26)18-6-8-20(28-2)9-7-18;/h6-9,19,21H,3-5,10-17H2,1-2H3,(H,23,24);1H. The number of benzene rings is 1. The van der Waals surface area contributed by atoms with Crippen LogP contribution < -0.4 is 15.0 Å². The van der Waals surface area contributed by atoms with E-state index >= 15 is 0 Å². The maximum atomic E-state index is 6.09. The molecule has 3 aliphatic rings. The number of nitrogens with zero attached hydrogens (tertiary/aromatic N) is 4. The summed E-state index contributed by atoms with van der Waals surface area (Å²) in [5.74, 6) is 1.92. The van der Waals surface area contributed by atoms with Crippen LogP contribution in [0.5, 0.6) is 5.75 Å². The summed E-state index contributed by atoms with van der Waals surface area (Å²) in [4.78, 5) is 12.3. The van der Waals surface area contributed by atoms with Crippen molar-refractivity contribution in [1.82, 2.24) is 15.1 Å². The topological polar surface area (TPSA) is 52.6 Å². The molecule has 0 amide bonds. The second-order valence-corrected chi connectivity index (χ2v) is 8.11. The number of fused-ring (bicyclic) bond motifs is 1. The van der Waals surface area contributed by atoms with Gasteiger partial charge in [-0.05, 0) is 50.6 Å². The van der Waals surface area contributed by atoms with Crippen LogP contribution in [0.4, 0.5) is 5.69 Å². The van der Waals surface area contributed by atoms with Crippen LogP contribution in [0.25, 0.3) is 0 Å². The molecular formula is C22H36IN5O2. The van der Waals surface area contributed by atoms with E-state index in [1.54, 1.807) is 7.11 Å². The van der Waals surface area contributed by atoms with Gasteiger partial charge < -0.3 is 24.6 Å². The van der Waals surface area contributed by atoms with E-state index in [4.69, 9.17) is 14.5 Å². The van der Waals surface area contributed by atoms with Gasteiger partial charge in [-0.25, -0.2) is 0 Å². The first-order valence-corrected chi connectivity index (χ1v) is 11.0. The van der Waals surface area contributed by atoms with E-state index in [-0.39, 0.29) is 30.1 Å². The Morgan fingerprint density at radius 1 is 1.17 bits per heavy atom. The van der Waals surface area contributed by atoms with Crippen molar-refractivity contribution in [1.29, 1.82) is 0 Å². The highest BCUT2D eigenvalue weighted by molar-refractivity contribution is 14.0. The fraction of sp³-hybridized carbons (Fsp3) is 0.682. The lowest BCUT2D eigenvalue weighted by Gasteiger charge is -2.38. The number of methoxy groups -OCH3 is 1. The quantitative estimate of drug-likeness (QED) is 0.359. The highest BCUT2D eigenvalue weighted by Crippen LogP contribution is 2.23. The van der Waals surface area contributed by atoms with E-state index in [1.807, 2.05) is 12.1 Å². The third-order valence-corrected chi connectivity index (χ3v) is 6.26. The van der Waals surface area contributed by atoms with Gasteiger partial charge in [0.25, 0.3) is 0 Å². The van der Waals surface area contributed by atoms with Crippen molar-refractivity contribution in [2.45, 2.75) is 31.9 Å². The molecule has 1 N–H and O–H groups in total. The molecular weight excluding hydrogens is 493 g/mol. The summed E-state index contributed by atoms with van der Waals surface area (Å²) in [6.45, 7) is 10.8. The molecule has 168 valence electrons. The van der Waals surface area contributed by atoms with Gasteiger partial charge in [-0.15, -0.1) is 24.0 Å². The van der Waals surface area contributed by atoms with Crippen molar-refractivity contribution in [2.24, 2.45) is 4.99 Å². The number of hydrogen-bond acceptors (Lipinski definition) is 5. The molecule has 2 unspecified atom stereocenters. The molecule has 30 heavy (non-hydrogen) atoms. The highest BCUT2D eigenvalue weighted by Gasteiger charge is 2.32. The maximum absolute atomic E-state index is 6.09. The summed E-state index contributed by atoms with van der Waals surface area (Å²) in [6.07, 6.45) is 2.82. The summed E-state index contributed by atoms with van der Waals surface area (Å²) in [5.41, 5.74) is 1.25. The SMILES string of the molecule is CCNC(=NCC1CN2CCCC2CO1)N1CCN(c2ccc(OC)cc2)CC1.I. The third kappa shape index (κ3) is 5.70. The fourth-order valence-corrected chi connectivity index (χ4v) is 4.58. The molecule has 1 aromatic carbocycles. The average Bonchev–Trinajstić information content (AvgIpc) is 3.25. The van der Waals surface area contributed by atoms with Gasteiger partial charge >= 0.3 is 0 Å². The summed E-state index contributed by atoms with van der Waals surface area (Å²) >= 11 is 0. The summed E-state index contributed by atoms with van der Waals surface area (Å²) in [5, 5.41) is 3.48. The Bertz CT molecular complexity index is 679. The number of anilines is 1. The van der Waals surface area contributed by atoms with Crippen LogP contribution >= 0.6 is 24.0 Å². The van der Waals surface area contributed by atoms with Crippen molar-refractivity contribution < 1.29 is 9.47 Å². The molecule has 0 aliphatic carbocycles. The minimum Gasteiger partial charge on any atom is -0.497 e. The van der Waals surface area contributed by atoms with E-state index in [0.717, 1.165) is 64.1 Å². The Morgan fingerprint density at radius 2 is 1.93 bits per heavy atom. The molecule has 0 bridgehead atoms. The van der Waals surface area contributed by atoms with Crippen LogP contribution in [0.1, 0.15) is 19.8 Å². The van der Waals surface area contributed by atoms with Gasteiger partial charge in [-0.1, -0.05) is 0 Å². The molecule has 0 spiro atoms. The molecule has 2 atom stereocenters. The number of guanidine groups is 1. The number of halogens is 1. The van der Waals surface area contributed by atoms with Gasteiger partial charge in [-0.2, -0.15) is 0 Å². The molecule has 3 saturated heterocycles. The third-order valence-electron chi connectivity index (χ3n) is 6.26. The zero-order chi connectivity index (χ0) is 20.1. The minimum absolute atomic E-state index is 0. The lowest BCUT2D eigenvalue weighted by atomic mass is 10.2. The summed E-state index contributed by atoms with van der Waals surface area (Å²) in [6, 6.07) is 8.99. The zero-order valence-electron chi connectivity index (χ0n) is 18.3. The van der Waals surface area contributed by atoms with Crippen molar-refractivity contribution in [3.8, 4) is 5.75 Å². The van der Waals surface area contributed by atoms with Crippen molar-refractivity contribution in [2.75, 3.05) is 71.0 Å². The Morgan fingerprint density at radius 3 is 2.63 bits per heavy atom. The molecule has 4 rings (SSSR count). The molecule has 3 aliphatic heterocycles. The lowest BCUT2D eigenvalue weighted by Crippen LogP contribution is -2.53. The Balaban J connectivity index is 0.00000256. The maximum Gasteiger partial charge on any atom is 0.194 e. The molecule has 0 radical (unpaired) electrons. The van der Waals surface area contributed by atoms with E-state index < -0.39 is 0 Å². The van der Waals surface area contributed by atoms with E-state index in [2.05, 4.69) is 39.1 Å². The number of ether oxygens (including phenoxy) is 2. The first kappa shape index (κ1) is 23.4. The van der Waals surface area contributed by atoms with Crippen LogP contribution in [0.3, 0.4) is 0 Å². The second kappa shape index (κ2) is 11.4. The number of piperazine rings is 1. The molecule has 0 saturated carbocycles. The van der Waals surface area contributed by atoms with Crippen LogP contribution in [-0.4, -0.2) is 94.0 Å². The first-order chi connectivity index (χ1) is 14.3. The van der Waals surface area contributed by atoms with Gasteiger partial charge in [0.2, 0.25) is 0 Å². The molecule has 3 fully saturated rings. The Kier molecular flexibility index (Phi) is 8.88. The smallest absolute Gasteiger partial charge is 0.194 e. The highest BCUT2D eigenvalue weighted by atomic mass is 127. The molecule has 3 heterocycles. The molecule has 7 nitrogen and oxygen atoms in total. The molecule has 0 aromatic heterocycles. The number of morpholine rings is 1. The predicted molar refractivity (Wildman–Crippen MR) is 133 cm³/mol. The van der Waals surface area contributed by atoms with Gasteiger partial charge in [0.05, 0.1) is 26.4 Å². The van der Waals surface area contributed by atoms with E-state index in [0.29, 0.717) is 6.04 Å². The van der Waals surface area contributed by atoms with Crippen LogP contribution in [0, 0.1) is 0 Å². The molecule has 1 aromatic rings. The minimum atomic E-state index is 0. The Hall–Kier alpha value is -1.26. The monoisotopic (exact) mass is 529 g/mol. The number of nitrogens with one attached hydrogen (secondary N) is 1. The average molecular weight is 529 g/mol. The summed E-state index contributed by atoms with van der Waals surface area (Å²) < 4.78 is 11.4. The van der Waals surface area contributed by atoms with Crippen LogP contribution in [-0.2, 0) is 4.74 Å². The summed E-state index contributed by atoms with van der Waals surface area (Å²) in [7, 11) is 1.71. The second-order valence-electron chi connectivity index (χ2n) is 8.11. The van der Waals surface area contributed by atoms with Crippen LogP contribution in [0.15, 0.2) is 29.3 Å². The van der Waals surface area contributed by atoms with Gasteiger partial charge in [0, 0.05) is 51.0 Å². The van der Waals surface area contributed by atoms with Gasteiger partial charge in [-0.3, -0.25) is 9.89 Å². The van der Waals surface area contributed by atoms with Gasteiger partial charge in [0.15, 0.2) is 5.96 Å².